The largest absolute Gasteiger partial charge is 0.321 e. The molecule has 3 aromatic rings. The SMILES string of the molecule is CCC(C)=C1c2cc3ccccc3cc2N=C(SC(C=O)c2ccccc2)N1CC. The van der Waals surface area contributed by atoms with Crippen molar-refractivity contribution in [2.24, 2.45) is 4.99 Å². The molecule has 0 saturated carbocycles. The monoisotopic (exact) mass is 414 g/mol. The van der Waals surface area contributed by atoms with Gasteiger partial charge in [0.1, 0.15) is 6.29 Å². The van der Waals surface area contributed by atoms with Gasteiger partial charge >= 0.3 is 0 Å². The van der Waals surface area contributed by atoms with Crippen molar-refractivity contribution in [3.63, 3.8) is 0 Å². The van der Waals surface area contributed by atoms with E-state index < -0.39 is 0 Å². The summed E-state index contributed by atoms with van der Waals surface area (Å²) >= 11 is 1.53. The average Bonchev–Trinajstić information content (AvgIpc) is 2.80. The van der Waals surface area contributed by atoms with Gasteiger partial charge in [-0.2, -0.15) is 0 Å². The number of carbonyl (C=O) groups excluding carboxylic acids is 1. The van der Waals surface area contributed by atoms with Crippen LogP contribution in [-0.2, 0) is 4.79 Å². The third kappa shape index (κ3) is 3.80. The Morgan fingerprint density at radius 3 is 2.33 bits per heavy atom. The minimum absolute atomic E-state index is 0.288. The molecule has 0 radical (unpaired) electrons. The summed E-state index contributed by atoms with van der Waals surface area (Å²) in [7, 11) is 0. The molecule has 1 unspecified atom stereocenters. The molecular weight excluding hydrogens is 388 g/mol. The summed E-state index contributed by atoms with van der Waals surface area (Å²) in [6.07, 6.45) is 1.98. The first-order valence-corrected chi connectivity index (χ1v) is 11.3. The number of hydrogen-bond donors (Lipinski definition) is 0. The summed E-state index contributed by atoms with van der Waals surface area (Å²) in [5.74, 6) is 0. The van der Waals surface area contributed by atoms with E-state index >= 15 is 0 Å². The highest BCUT2D eigenvalue weighted by Crippen LogP contribution is 2.43. The molecule has 0 aliphatic carbocycles. The van der Waals surface area contributed by atoms with Gasteiger partial charge in [-0.05, 0) is 54.3 Å². The average molecular weight is 415 g/mol. The van der Waals surface area contributed by atoms with Crippen LogP contribution in [0.25, 0.3) is 16.5 Å². The molecule has 1 aliphatic rings. The Kier molecular flexibility index (Phi) is 6.05. The number of amidine groups is 1. The lowest BCUT2D eigenvalue weighted by atomic mass is 9.97. The molecule has 0 N–H and O–H groups in total. The summed E-state index contributed by atoms with van der Waals surface area (Å²) in [6, 6.07) is 22.7. The zero-order valence-corrected chi connectivity index (χ0v) is 18.4. The topological polar surface area (TPSA) is 32.7 Å². The summed E-state index contributed by atoms with van der Waals surface area (Å²) in [6.45, 7) is 7.32. The Balaban J connectivity index is 1.87. The molecule has 152 valence electrons. The molecule has 3 nitrogen and oxygen atoms in total. The summed E-state index contributed by atoms with van der Waals surface area (Å²) < 4.78 is 0. The van der Waals surface area contributed by atoms with E-state index in [2.05, 4.69) is 62.1 Å². The number of rotatable bonds is 5. The van der Waals surface area contributed by atoms with Gasteiger partial charge in [-0.25, -0.2) is 4.99 Å². The first kappa shape index (κ1) is 20.4. The second-order valence-electron chi connectivity index (χ2n) is 7.42. The maximum atomic E-state index is 12.0. The highest BCUT2D eigenvalue weighted by molar-refractivity contribution is 8.14. The molecule has 3 aromatic carbocycles. The number of fused-ring (bicyclic) bond motifs is 2. The van der Waals surface area contributed by atoms with E-state index in [1.165, 1.54) is 39.4 Å². The number of aliphatic imine (C=N–C) groups is 1. The van der Waals surface area contributed by atoms with Crippen LogP contribution < -0.4 is 0 Å². The van der Waals surface area contributed by atoms with E-state index in [-0.39, 0.29) is 5.25 Å². The van der Waals surface area contributed by atoms with E-state index in [1.54, 1.807) is 0 Å². The van der Waals surface area contributed by atoms with Gasteiger partial charge in [0.05, 0.1) is 16.6 Å². The smallest absolute Gasteiger partial charge is 0.169 e. The maximum absolute atomic E-state index is 12.0. The minimum atomic E-state index is -0.288. The van der Waals surface area contributed by atoms with E-state index in [0.29, 0.717) is 0 Å². The number of carbonyl (C=O) groups is 1. The molecule has 30 heavy (non-hydrogen) atoms. The van der Waals surface area contributed by atoms with Crippen molar-refractivity contribution in [2.75, 3.05) is 6.54 Å². The summed E-state index contributed by atoms with van der Waals surface area (Å²) in [5, 5.41) is 2.99. The van der Waals surface area contributed by atoms with Gasteiger partial charge in [0, 0.05) is 12.1 Å². The minimum Gasteiger partial charge on any atom is -0.321 e. The van der Waals surface area contributed by atoms with Crippen LogP contribution in [0.4, 0.5) is 5.69 Å². The molecule has 4 rings (SSSR count). The lowest BCUT2D eigenvalue weighted by Gasteiger charge is -2.34. The summed E-state index contributed by atoms with van der Waals surface area (Å²) in [4.78, 5) is 19.3. The van der Waals surface area contributed by atoms with Crippen LogP contribution in [0.2, 0.25) is 0 Å². The molecule has 0 fully saturated rings. The highest BCUT2D eigenvalue weighted by atomic mass is 32.2. The Bertz CT molecular complexity index is 1130. The molecule has 0 saturated heterocycles. The van der Waals surface area contributed by atoms with Gasteiger partial charge in [0.25, 0.3) is 0 Å². The van der Waals surface area contributed by atoms with Crippen molar-refractivity contribution < 1.29 is 4.79 Å². The number of hydrogen-bond acceptors (Lipinski definition) is 4. The molecule has 0 aromatic heterocycles. The lowest BCUT2D eigenvalue weighted by Crippen LogP contribution is -2.31. The Labute approximate surface area is 182 Å². The second kappa shape index (κ2) is 8.88. The van der Waals surface area contributed by atoms with Crippen molar-refractivity contribution in [1.82, 2.24) is 4.90 Å². The molecule has 1 aliphatic heterocycles. The fraction of sp³-hybridized carbons (Fsp3) is 0.231. The van der Waals surface area contributed by atoms with Crippen molar-refractivity contribution in [2.45, 2.75) is 32.4 Å². The van der Waals surface area contributed by atoms with Crippen molar-refractivity contribution in [3.05, 3.63) is 83.4 Å². The number of allylic oxidation sites excluding steroid dienone is 1. The molecule has 0 spiro atoms. The standard InChI is InChI=1S/C26H26N2OS/c1-4-18(3)25-22-15-20-13-9-10-14-21(20)16-23(22)27-26(28(25)5-2)30-24(17-29)19-11-7-6-8-12-19/h6-17,24H,4-5H2,1-3H3. The molecule has 1 heterocycles. The molecule has 0 bridgehead atoms. The molecule has 0 amide bonds. The normalized spacial score (nSPS) is 16.1. The number of aldehydes is 1. The predicted octanol–water partition coefficient (Wildman–Crippen LogP) is 6.98. The van der Waals surface area contributed by atoms with Gasteiger partial charge in [0.2, 0.25) is 0 Å². The van der Waals surface area contributed by atoms with Gasteiger partial charge in [-0.15, -0.1) is 0 Å². The van der Waals surface area contributed by atoms with Gasteiger partial charge in [-0.3, -0.25) is 0 Å². The van der Waals surface area contributed by atoms with Crippen LogP contribution in [0.1, 0.15) is 43.6 Å². The van der Waals surface area contributed by atoms with Crippen LogP contribution in [-0.4, -0.2) is 22.9 Å². The zero-order valence-electron chi connectivity index (χ0n) is 17.6. The van der Waals surface area contributed by atoms with Gasteiger partial charge in [0.15, 0.2) is 5.17 Å². The van der Waals surface area contributed by atoms with Crippen LogP contribution >= 0.6 is 11.8 Å². The third-order valence-corrected chi connectivity index (χ3v) is 6.73. The predicted molar refractivity (Wildman–Crippen MR) is 129 cm³/mol. The zero-order chi connectivity index (χ0) is 21.1. The summed E-state index contributed by atoms with van der Waals surface area (Å²) in [5.41, 5.74) is 5.68. The van der Waals surface area contributed by atoms with Crippen LogP contribution in [0, 0.1) is 0 Å². The van der Waals surface area contributed by atoms with Crippen LogP contribution in [0.5, 0.6) is 0 Å². The number of nitrogens with zero attached hydrogens (tertiary/aromatic N) is 2. The van der Waals surface area contributed by atoms with Crippen molar-refractivity contribution >= 4 is 45.4 Å². The number of benzene rings is 3. The Morgan fingerprint density at radius 1 is 1.03 bits per heavy atom. The maximum Gasteiger partial charge on any atom is 0.169 e. The van der Waals surface area contributed by atoms with Crippen LogP contribution in [0.15, 0.2) is 77.3 Å². The number of thioether (sulfide) groups is 1. The first-order valence-electron chi connectivity index (χ1n) is 10.4. The van der Waals surface area contributed by atoms with Gasteiger partial charge in [-0.1, -0.05) is 73.3 Å². The Morgan fingerprint density at radius 2 is 1.70 bits per heavy atom. The van der Waals surface area contributed by atoms with Crippen LogP contribution in [0.3, 0.4) is 0 Å². The van der Waals surface area contributed by atoms with E-state index in [9.17, 15) is 4.79 Å². The quantitative estimate of drug-likeness (QED) is 0.422. The first-order chi connectivity index (χ1) is 14.7. The van der Waals surface area contributed by atoms with Gasteiger partial charge < -0.3 is 9.69 Å². The van der Waals surface area contributed by atoms with Crippen molar-refractivity contribution in [3.8, 4) is 0 Å². The van der Waals surface area contributed by atoms with Crippen molar-refractivity contribution in [1.29, 1.82) is 0 Å². The fourth-order valence-corrected chi connectivity index (χ4v) is 4.93. The van der Waals surface area contributed by atoms with E-state index in [4.69, 9.17) is 4.99 Å². The highest BCUT2D eigenvalue weighted by Gasteiger charge is 2.28. The second-order valence-corrected chi connectivity index (χ2v) is 8.53. The van der Waals surface area contributed by atoms with E-state index in [1.807, 2.05) is 30.3 Å². The fourth-order valence-electron chi connectivity index (χ4n) is 3.86. The Hall–Kier alpha value is -2.85. The molecule has 1 atom stereocenters. The third-order valence-electron chi connectivity index (χ3n) is 5.57. The lowest BCUT2D eigenvalue weighted by molar-refractivity contribution is -0.107. The van der Waals surface area contributed by atoms with E-state index in [0.717, 1.165) is 35.7 Å². The molecule has 4 heteroatoms. The molecular formula is C26H26N2OS.